The zero-order valence-electron chi connectivity index (χ0n) is 20.9. The van der Waals surface area contributed by atoms with Crippen molar-refractivity contribution in [2.24, 2.45) is 0 Å². The molecule has 1 aliphatic rings. The molecule has 1 aromatic carbocycles. The molecule has 36 heavy (non-hydrogen) atoms. The van der Waals surface area contributed by atoms with Gasteiger partial charge in [0, 0.05) is 44.2 Å². The van der Waals surface area contributed by atoms with Gasteiger partial charge in [-0.25, -0.2) is 0 Å². The first-order valence-corrected chi connectivity index (χ1v) is 12.9. The number of halogens is 1. The standard InChI is InChI=1S/C25H35IN2O8/c1-4-5-6-22(31)28(8-10-34-2)19-13-17(25(33)27-7-9-29)14-20(23(19)32)36-24-18(26)11-16(15-30)12-21(24)35-3/h11-12,14-15,19-20,23,29,32H,4-10,13H2,1-3H3,(H,27,33)/t19-,20+,23+/m1/s1. The van der Waals surface area contributed by atoms with Crippen molar-refractivity contribution in [3.63, 3.8) is 0 Å². The van der Waals surface area contributed by atoms with Crippen molar-refractivity contribution >= 4 is 40.7 Å². The van der Waals surface area contributed by atoms with Crippen LogP contribution in [0.15, 0.2) is 23.8 Å². The average Bonchev–Trinajstić information content (AvgIpc) is 2.88. The number of ether oxygens (including phenoxy) is 3. The highest BCUT2D eigenvalue weighted by molar-refractivity contribution is 14.1. The maximum atomic E-state index is 13.1. The van der Waals surface area contributed by atoms with Crippen molar-refractivity contribution in [2.75, 3.05) is 40.5 Å². The van der Waals surface area contributed by atoms with Gasteiger partial charge in [-0.3, -0.25) is 14.4 Å². The van der Waals surface area contributed by atoms with Gasteiger partial charge >= 0.3 is 0 Å². The van der Waals surface area contributed by atoms with E-state index in [-0.39, 0.29) is 38.6 Å². The SMILES string of the molecule is CCCCC(=O)N(CCOC)[C@@H]1CC(C(=O)NCCO)=C[C@H](Oc2c(I)cc(C=O)cc2OC)[C@H]1O. The normalized spacial score (nSPS) is 19.3. The summed E-state index contributed by atoms with van der Waals surface area (Å²) in [6.45, 7) is 2.34. The predicted molar refractivity (Wildman–Crippen MR) is 141 cm³/mol. The third-order valence-corrected chi connectivity index (χ3v) is 6.66. The zero-order chi connectivity index (χ0) is 26.7. The molecule has 2 amide bonds. The Morgan fingerprint density at radius 3 is 2.67 bits per heavy atom. The molecule has 10 nitrogen and oxygen atoms in total. The number of rotatable bonds is 14. The minimum atomic E-state index is -1.16. The number of methoxy groups -OCH3 is 2. The summed E-state index contributed by atoms with van der Waals surface area (Å²) in [5.41, 5.74) is 0.727. The summed E-state index contributed by atoms with van der Waals surface area (Å²) in [5.74, 6) is 0.0465. The number of nitrogens with one attached hydrogen (secondary N) is 1. The van der Waals surface area contributed by atoms with Crippen LogP contribution in [0, 0.1) is 3.57 Å². The summed E-state index contributed by atoms with van der Waals surface area (Å²) in [5, 5.41) is 23.1. The number of aldehydes is 1. The van der Waals surface area contributed by atoms with E-state index >= 15 is 0 Å². The molecule has 0 radical (unpaired) electrons. The molecule has 3 N–H and O–H groups in total. The number of aliphatic hydroxyl groups excluding tert-OH is 2. The number of carbonyl (C=O) groups is 3. The number of aliphatic hydroxyl groups is 2. The van der Waals surface area contributed by atoms with Gasteiger partial charge in [-0.1, -0.05) is 13.3 Å². The predicted octanol–water partition coefficient (Wildman–Crippen LogP) is 1.69. The number of amides is 2. The van der Waals surface area contributed by atoms with Crippen molar-refractivity contribution in [3.05, 3.63) is 32.9 Å². The smallest absolute Gasteiger partial charge is 0.247 e. The molecular formula is C25H35IN2O8. The highest BCUT2D eigenvalue weighted by Crippen LogP contribution is 2.37. The van der Waals surface area contributed by atoms with Crippen LogP contribution in [0.1, 0.15) is 43.0 Å². The van der Waals surface area contributed by atoms with Crippen LogP contribution >= 0.6 is 22.6 Å². The van der Waals surface area contributed by atoms with Crippen LogP contribution in [0.5, 0.6) is 11.5 Å². The lowest BCUT2D eigenvalue weighted by Gasteiger charge is -2.40. The molecule has 0 saturated heterocycles. The number of unbranched alkanes of at least 4 members (excludes halogenated alkanes) is 1. The van der Waals surface area contributed by atoms with Gasteiger partial charge < -0.3 is 34.6 Å². The second-order valence-corrected chi connectivity index (χ2v) is 9.51. The number of hydrogen-bond acceptors (Lipinski definition) is 8. The highest BCUT2D eigenvalue weighted by atomic mass is 127. The van der Waals surface area contributed by atoms with Gasteiger partial charge in [0.05, 0.1) is 29.9 Å². The molecule has 200 valence electrons. The molecule has 0 saturated carbocycles. The third kappa shape index (κ3) is 7.89. The van der Waals surface area contributed by atoms with E-state index in [2.05, 4.69) is 5.32 Å². The van der Waals surface area contributed by atoms with Crippen LogP contribution in [-0.4, -0.2) is 92.0 Å². The van der Waals surface area contributed by atoms with Crippen molar-refractivity contribution in [1.82, 2.24) is 10.2 Å². The van der Waals surface area contributed by atoms with Crippen LogP contribution in [0.3, 0.4) is 0 Å². The minimum absolute atomic E-state index is 0.0661. The van der Waals surface area contributed by atoms with Crippen LogP contribution < -0.4 is 14.8 Å². The fraction of sp³-hybridized carbons (Fsp3) is 0.560. The largest absolute Gasteiger partial charge is 0.493 e. The summed E-state index contributed by atoms with van der Waals surface area (Å²) in [4.78, 5) is 38.8. The van der Waals surface area contributed by atoms with E-state index in [0.717, 1.165) is 6.42 Å². The molecule has 0 bridgehead atoms. The van der Waals surface area contributed by atoms with Gasteiger partial charge in [0.15, 0.2) is 11.5 Å². The first-order valence-electron chi connectivity index (χ1n) is 11.9. The van der Waals surface area contributed by atoms with E-state index in [1.165, 1.54) is 26.4 Å². The average molecular weight is 618 g/mol. The highest BCUT2D eigenvalue weighted by Gasteiger charge is 2.40. The van der Waals surface area contributed by atoms with Crippen LogP contribution in [0.4, 0.5) is 0 Å². The molecule has 0 heterocycles. The molecule has 0 aromatic heterocycles. The topological polar surface area (TPSA) is 135 Å². The summed E-state index contributed by atoms with van der Waals surface area (Å²) in [6, 6.07) is 2.40. The fourth-order valence-corrected chi connectivity index (χ4v) is 4.73. The molecule has 2 rings (SSSR count). The monoisotopic (exact) mass is 618 g/mol. The van der Waals surface area contributed by atoms with E-state index in [1.54, 1.807) is 11.0 Å². The summed E-state index contributed by atoms with van der Waals surface area (Å²) >= 11 is 2.01. The number of hydrogen-bond donors (Lipinski definition) is 3. The molecule has 11 heteroatoms. The minimum Gasteiger partial charge on any atom is -0.493 e. The summed E-state index contributed by atoms with van der Waals surface area (Å²) in [7, 11) is 2.97. The first-order chi connectivity index (χ1) is 17.3. The lowest BCUT2D eigenvalue weighted by Crippen LogP contribution is -2.55. The van der Waals surface area contributed by atoms with Crippen molar-refractivity contribution in [1.29, 1.82) is 0 Å². The van der Waals surface area contributed by atoms with Gasteiger partial charge in [0.25, 0.3) is 0 Å². The Bertz CT molecular complexity index is 939. The Labute approximate surface area is 225 Å². The molecule has 0 spiro atoms. The molecular weight excluding hydrogens is 583 g/mol. The molecule has 0 unspecified atom stereocenters. The Kier molecular flexibility index (Phi) is 12.6. The van der Waals surface area contributed by atoms with Gasteiger partial charge in [0.1, 0.15) is 18.5 Å². The Balaban J connectivity index is 2.48. The molecule has 1 aliphatic carbocycles. The maximum absolute atomic E-state index is 13.1. The Hall–Kier alpha value is -2.22. The van der Waals surface area contributed by atoms with Crippen molar-refractivity contribution in [3.8, 4) is 11.5 Å². The van der Waals surface area contributed by atoms with E-state index in [1.807, 2.05) is 29.5 Å². The Morgan fingerprint density at radius 1 is 1.31 bits per heavy atom. The summed E-state index contributed by atoms with van der Waals surface area (Å²) < 4.78 is 17.4. The number of benzene rings is 1. The molecule has 0 fully saturated rings. The van der Waals surface area contributed by atoms with Gasteiger partial charge in [-0.05, 0) is 47.2 Å². The summed E-state index contributed by atoms with van der Waals surface area (Å²) in [6.07, 6.45) is 2.03. The second kappa shape index (κ2) is 15.1. The van der Waals surface area contributed by atoms with Gasteiger partial charge in [0.2, 0.25) is 11.8 Å². The fourth-order valence-electron chi connectivity index (χ4n) is 3.97. The molecule has 0 aliphatic heterocycles. The second-order valence-electron chi connectivity index (χ2n) is 8.35. The van der Waals surface area contributed by atoms with Crippen molar-refractivity contribution in [2.45, 2.75) is 50.9 Å². The lowest BCUT2D eigenvalue weighted by atomic mass is 9.88. The van der Waals surface area contributed by atoms with Gasteiger partial charge in [-0.15, -0.1) is 0 Å². The first kappa shape index (κ1) is 30.0. The Morgan fingerprint density at radius 2 is 2.06 bits per heavy atom. The molecule has 3 atom stereocenters. The van der Waals surface area contributed by atoms with Crippen LogP contribution in [0.25, 0.3) is 0 Å². The quantitative estimate of drug-likeness (QED) is 0.212. The number of nitrogens with zero attached hydrogens (tertiary/aromatic N) is 1. The zero-order valence-corrected chi connectivity index (χ0v) is 23.0. The van der Waals surface area contributed by atoms with Gasteiger partial charge in [-0.2, -0.15) is 0 Å². The van der Waals surface area contributed by atoms with Crippen LogP contribution in [-0.2, 0) is 14.3 Å². The van der Waals surface area contributed by atoms with E-state index in [0.29, 0.717) is 45.3 Å². The number of carbonyl (C=O) groups excluding carboxylic acids is 3. The molecule has 1 aromatic rings. The van der Waals surface area contributed by atoms with E-state index in [9.17, 15) is 19.5 Å². The van der Waals surface area contributed by atoms with E-state index in [4.69, 9.17) is 19.3 Å². The third-order valence-electron chi connectivity index (χ3n) is 5.86. The van der Waals surface area contributed by atoms with Crippen molar-refractivity contribution < 1.29 is 38.8 Å². The maximum Gasteiger partial charge on any atom is 0.247 e. The van der Waals surface area contributed by atoms with E-state index < -0.39 is 24.2 Å². The van der Waals surface area contributed by atoms with Crippen LogP contribution in [0.2, 0.25) is 0 Å². The lowest BCUT2D eigenvalue weighted by molar-refractivity contribution is -0.139.